The maximum atomic E-state index is 12.4. The zero-order valence-corrected chi connectivity index (χ0v) is 19.0. The molecule has 1 aromatic heterocycles. The summed E-state index contributed by atoms with van der Waals surface area (Å²) in [4.78, 5) is 26.7. The van der Waals surface area contributed by atoms with E-state index in [0.29, 0.717) is 18.7 Å². The van der Waals surface area contributed by atoms with Gasteiger partial charge in [0.25, 0.3) is 5.91 Å². The van der Waals surface area contributed by atoms with E-state index in [0.717, 1.165) is 48.0 Å². The Kier molecular flexibility index (Phi) is 7.21. The number of rotatable bonds is 8. The van der Waals surface area contributed by atoms with Crippen LogP contribution in [0.25, 0.3) is 0 Å². The SMILES string of the molecule is Cc1nnc(SCC(=O)NCc2ccc(C(=O)N3CCCC3)cc2)n1Cc1ccccc1. The fraction of sp³-hybridized carbons (Fsp3) is 0.333. The number of aryl methyl sites for hydroxylation is 1. The van der Waals surface area contributed by atoms with Crippen LogP contribution in [-0.2, 0) is 17.9 Å². The normalized spacial score (nSPS) is 13.3. The number of likely N-dealkylation sites (tertiary alicyclic amines) is 1. The second kappa shape index (κ2) is 10.5. The summed E-state index contributed by atoms with van der Waals surface area (Å²) >= 11 is 1.38. The zero-order chi connectivity index (χ0) is 22.3. The largest absolute Gasteiger partial charge is 0.351 e. The van der Waals surface area contributed by atoms with Gasteiger partial charge in [-0.25, -0.2) is 0 Å². The van der Waals surface area contributed by atoms with Crippen molar-refractivity contribution in [2.24, 2.45) is 0 Å². The summed E-state index contributed by atoms with van der Waals surface area (Å²) in [6.07, 6.45) is 2.16. The van der Waals surface area contributed by atoms with E-state index in [1.807, 2.05) is 58.9 Å². The lowest BCUT2D eigenvalue weighted by Gasteiger charge is -2.15. The highest BCUT2D eigenvalue weighted by molar-refractivity contribution is 7.99. The molecule has 0 atom stereocenters. The highest BCUT2D eigenvalue weighted by atomic mass is 32.2. The van der Waals surface area contributed by atoms with Crippen molar-refractivity contribution in [3.05, 3.63) is 77.1 Å². The van der Waals surface area contributed by atoms with Crippen LogP contribution in [-0.4, -0.2) is 50.3 Å². The van der Waals surface area contributed by atoms with Gasteiger partial charge in [-0.05, 0) is 43.0 Å². The molecule has 1 aliphatic rings. The number of nitrogens with one attached hydrogen (secondary N) is 1. The number of hydrogen-bond donors (Lipinski definition) is 1. The highest BCUT2D eigenvalue weighted by Crippen LogP contribution is 2.18. The maximum Gasteiger partial charge on any atom is 0.253 e. The Hall–Kier alpha value is -3.13. The highest BCUT2D eigenvalue weighted by Gasteiger charge is 2.19. The minimum Gasteiger partial charge on any atom is -0.351 e. The van der Waals surface area contributed by atoms with Gasteiger partial charge in [0.2, 0.25) is 5.91 Å². The monoisotopic (exact) mass is 449 g/mol. The van der Waals surface area contributed by atoms with Gasteiger partial charge in [-0.2, -0.15) is 0 Å². The molecule has 2 heterocycles. The number of thioether (sulfide) groups is 1. The van der Waals surface area contributed by atoms with Crippen LogP contribution in [0.5, 0.6) is 0 Å². The summed E-state index contributed by atoms with van der Waals surface area (Å²) in [5.74, 6) is 1.10. The Balaban J connectivity index is 1.26. The molecule has 1 fully saturated rings. The average molecular weight is 450 g/mol. The van der Waals surface area contributed by atoms with Crippen molar-refractivity contribution >= 4 is 23.6 Å². The molecule has 0 unspecified atom stereocenters. The minimum absolute atomic E-state index is 0.0702. The molecule has 7 nitrogen and oxygen atoms in total. The van der Waals surface area contributed by atoms with Crippen molar-refractivity contribution in [1.82, 2.24) is 25.0 Å². The summed E-state index contributed by atoms with van der Waals surface area (Å²) < 4.78 is 2.02. The minimum atomic E-state index is -0.0702. The van der Waals surface area contributed by atoms with Gasteiger partial charge >= 0.3 is 0 Å². The molecule has 32 heavy (non-hydrogen) atoms. The van der Waals surface area contributed by atoms with Crippen LogP contribution >= 0.6 is 11.8 Å². The molecule has 0 aliphatic carbocycles. The average Bonchev–Trinajstić information content (AvgIpc) is 3.48. The van der Waals surface area contributed by atoms with Crippen LogP contribution in [0.2, 0.25) is 0 Å². The predicted molar refractivity (Wildman–Crippen MR) is 124 cm³/mol. The number of carbonyl (C=O) groups excluding carboxylic acids is 2. The third-order valence-corrected chi connectivity index (χ3v) is 6.47. The van der Waals surface area contributed by atoms with Crippen molar-refractivity contribution < 1.29 is 9.59 Å². The van der Waals surface area contributed by atoms with E-state index in [2.05, 4.69) is 27.6 Å². The van der Waals surface area contributed by atoms with Crippen LogP contribution in [0, 0.1) is 6.92 Å². The molecule has 2 amide bonds. The molecule has 1 aliphatic heterocycles. The van der Waals surface area contributed by atoms with Gasteiger partial charge in [0, 0.05) is 25.2 Å². The fourth-order valence-electron chi connectivity index (χ4n) is 3.67. The van der Waals surface area contributed by atoms with Gasteiger partial charge in [0.15, 0.2) is 5.16 Å². The van der Waals surface area contributed by atoms with Gasteiger partial charge in [0.05, 0.1) is 12.3 Å². The summed E-state index contributed by atoms with van der Waals surface area (Å²) in [5, 5.41) is 12.1. The number of benzene rings is 2. The first kappa shape index (κ1) is 22.1. The Bertz CT molecular complexity index is 1060. The molecular weight excluding hydrogens is 422 g/mol. The van der Waals surface area contributed by atoms with Crippen LogP contribution in [0.4, 0.5) is 0 Å². The van der Waals surface area contributed by atoms with Crippen molar-refractivity contribution in [3.8, 4) is 0 Å². The first-order valence-electron chi connectivity index (χ1n) is 10.8. The van der Waals surface area contributed by atoms with Gasteiger partial charge in [0.1, 0.15) is 5.82 Å². The van der Waals surface area contributed by atoms with Gasteiger partial charge in [-0.15, -0.1) is 10.2 Å². The lowest BCUT2D eigenvalue weighted by Crippen LogP contribution is -2.27. The zero-order valence-electron chi connectivity index (χ0n) is 18.2. The molecule has 1 N–H and O–H groups in total. The summed E-state index contributed by atoms with van der Waals surface area (Å²) in [7, 11) is 0. The third-order valence-electron chi connectivity index (χ3n) is 5.50. The Morgan fingerprint density at radius 1 is 0.969 bits per heavy atom. The molecular formula is C24H27N5O2S. The summed E-state index contributed by atoms with van der Waals surface area (Å²) in [5.41, 5.74) is 2.82. The van der Waals surface area contributed by atoms with Crippen LogP contribution in [0.1, 0.15) is 40.2 Å². The molecule has 2 aromatic carbocycles. The maximum absolute atomic E-state index is 12.4. The predicted octanol–water partition coefficient (Wildman–Crippen LogP) is 3.28. The molecule has 166 valence electrons. The first-order chi connectivity index (χ1) is 15.6. The first-order valence-corrected chi connectivity index (χ1v) is 11.8. The molecule has 8 heteroatoms. The van der Waals surface area contributed by atoms with Crippen LogP contribution < -0.4 is 5.32 Å². The molecule has 4 rings (SSSR count). The van der Waals surface area contributed by atoms with Crippen molar-refractivity contribution in [1.29, 1.82) is 0 Å². The van der Waals surface area contributed by atoms with E-state index in [-0.39, 0.29) is 17.6 Å². The Labute approximate surface area is 192 Å². The lowest BCUT2D eigenvalue weighted by molar-refractivity contribution is -0.118. The van der Waals surface area contributed by atoms with E-state index >= 15 is 0 Å². The Morgan fingerprint density at radius 3 is 2.41 bits per heavy atom. The number of aromatic nitrogens is 3. The number of amides is 2. The van der Waals surface area contributed by atoms with Crippen molar-refractivity contribution in [2.75, 3.05) is 18.8 Å². The summed E-state index contributed by atoms with van der Waals surface area (Å²) in [6, 6.07) is 17.6. The van der Waals surface area contributed by atoms with E-state index in [1.54, 1.807) is 0 Å². The van der Waals surface area contributed by atoms with E-state index in [9.17, 15) is 9.59 Å². The number of carbonyl (C=O) groups is 2. The number of nitrogens with zero attached hydrogens (tertiary/aromatic N) is 4. The third kappa shape index (κ3) is 5.56. The molecule has 3 aromatic rings. The molecule has 1 saturated heterocycles. The van der Waals surface area contributed by atoms with E-state index in [4.69, 9.17) is 0 Å². The molecule has 0 radical (unpaired) electrons. The topological polar surface area (TPSA) is 80.1 Å². The van der Waals surface area contributed by atoms with E-state index in [1.165, 1.54) is 11.8 Å². The van der Waals surface area contributed by atoms with Gasteiger partial charge in [-0.1, -0.05) is 54.2 Å². The van der Waals surface area contributed by atoms with Crippen LogP contribution in [0.15, 0.2) is 59.8 Å². The Morgan fingerprint density at radius 2 is 1.69 bits per heavy atom. The molecule has 0 saturated carbocycles. The number of hydrogen-bond acceptors (Lipinski definition) is 5. The quantitative estimate of drug-likeness (QED) is 0.534. The molecule has 0 spiro atoms. The summed E-state index contributed by atoms with van der Waals surface area (Å²) in [6.45, 7) is 4.69. The van der Waals surface area contributed by atoms with Gasteiger partial charge in [-0.3, -0.25) is 9.59 Å². The lowest BCUT2D eigenvalue weighted by atomic mass is 10.1. The van der Waals surface area contributed by atoms with Gasteiger partial charge < -0.3 is 14.8 Å². The van der Waals surface area contributed by atoms with Crippen LogP contribution in [0.3, 0.4) is 0 Å². The van der Waals surface area contributed by atoms with Crippen molar-refractivity contribution in [2.45, 2.75) is 38.0 Å². The smallest absolute Gasteiger partial charge is 0.253 e. The fourth-order valence-corrected chi connectivity index (χ4v) is 4.48. The standard InChI is InChI=1S/C24H27N5O2S/c1-18-26-27-24(29(18)16-20-7-3-2-4-8-20)32-17-22(30)25-15-19-9-11-21(12-10-19)23(31)28-13-5-6-14-28/h2-4,7-12H,5-6,13-17H2,1H3,(H,25,30). The van der Waals surface area contributed by atoms with Crippen molar-refractivity contribution in [3.63, 3.8) is 0 Å². The van der Waals surface area contributed by atoms with E-state index < -0.39 is 0 Å². The molecule has 0 bridgehead atoms. The second-order valence-corrected chi connectivity index (χ2v) is 8.81. The second-order valence-electron chi connectivity index (χ2n) is 7.86.